The predicted molar refractivity (Wildman–Crippen MR) is 122 cm³/mol. The first-order chi connectivity index (χ1) is 16.3. The summed E-state index contributed by atoms with van der Waals surface area (Å²) in [5.41, 5.74) is 3.20. The molecular formula is C26H21F4N3O. The van der Waals surface area contributed by atoms with E-state index in [1.807, 2.05) is 30.3 Å². The maximum Gasteiger partial charge on any atom is 0.416 e. The number of nitrogens with zero attached hydrogens (tertiary/aromatic N) is 2. The zero-order chi connectivity index (χ0) is 23.9. The van der Waals surface area contributed by atoms with Crippen molar-refractivity contribution in [3.8, 4) is 0 Å². The summed E-state index contributed by atoms with van der Waals surface area (Å²) in [5, 5.41) is 3.60. The molecule has 0 fully saturated rings. The Labute approximate surface area is 193 Å². The minimum absolute atomic E-state index is 0.0964. The molecule has 0 saturated carbocycles. The number of halogens is 4. The lowest BCUT2D eigenvalue weighted by Crippen LogP contribution is -2.39. The van der Waals surface area contributed by atoms with Crippen molar-refractivity contribution < 1.29 is 22.4 Å². The van der Waals surface area contributed by atoms with Gasteiger partial charge in [0.05, 0.1) is 5.56 Å². The van der Waals surface area contributed by atoms with Crippen LogP contribution in [0.3, 0.4) is 0 Å². The van der Waals surface area contributed by atoms with Crippen LogP contribution in [0.4, 0.5) is 28.0 Å². The fourth-order valence-corrected chi connectivity index (χ4v) is 4.55. The van der Waals surface area contributed by atoms with Crippen LogP contribution in [0.25, 0.3) is 10.9 Å². The van der Waals surface area contributed by atoms with Gasteiger partial charge in [0.2, 0.25) is 0 Å². The van der Waals surface area contributed by atoms with E-state index in [9.17, 15) is 22.4 Å². The number of alkyl halides is 3. The number of aromatic nitrogens is 1. The average Bonchev–Trinajstić information content (AvgIpc) is 3.12. The van der Waals surface area contributed by atoms with E-state index in [-0.39, 0.29) is 11.5 Å². The lowest BCUT2D eigenvalue weighted by Gasteiger charge is -2.28. The zero-order valence-corrected chi connectivity index (χ0v) is 18.1. The van der Waals surface area contributed by atoms with Crippen molar-refractivity contribution in [2.75, 3.05) is 11.9 Å². The SMILES string of the molecule is O=C(Nc1cccc(C(F)(F)F)c1)N1CCc2c(c3ccccc3n2Cc2cccc(F)c2)C1. The number of hydrogen-bond acceptors (Lipinski definition) is 1. The lowest BCUT2D eigenvalue weighted by molar-refractivity contribution is -0.137. The fraction of sp³-hybridized carbons (Fsp3) is 0.192. The van der Waals surface area contributed by atoms with Crippen molar-refractivity contribution in [1.82, 2.24) is 9.47 Å². The number of nitrogens with one attached hydrogen (secondary N) is 1. The van der Waals surface area contributed by atoms with Crippen LogP contribution in [0.2, 0.25) is 0 Å². The lowest BCUT2D eigenvalue weighted by atomic mass is 10.0. The van der Waals surface area contributed by atoms with Gasteiger partial charge in [0.25, 0.3) is 0 Å². The number of para-hydroxylation sites is 1. The van der Waals surface area contributed by atoms with E-state index in [1.54, 1.807) is 11.0 Å². The summed E-state index contributed by atoms with van der Waals surface area (Å²) in [7, 11) is 0. The molecule has 1 aromatic heterocycles. The molecule has 1 N–H and O–H groups in total. The van der Waals surface area contributed by atoms with E-state index >= 15 is 0 Å². The third-order valence-electron chi connectivity index (χ3n) is 6.12. The molecule has 0 radical (unpaired) electrons. The van der Waals surface area contributed by atoms with Gasteiger partial charge in [0.15, 0.2) is 0 Å². The largest absolute Gasteiger partial charge is 0.416 e. The van der Waals surface area contributed by atoms with Gasteiger partial charge >= 0.3 is 12.2 Å². The van der Waals surface area contributed by atoms with E-state index in [4.69, 9.17) is 0 Å². The molecule has 0 unspecified atom stereocenters. The summed E-state index contributed by atoms with van der Waals surface area (Å²) < 4.78 is 54.9. The second-order valence-electron chi connectivity index (χ2n) is 8.34. The predicted octanol–water partition coefficient (Wildman–Crippen LogP) is 6.44. The first-order valence-electron chi connectivity index (χ1n) is 10.9. The Bertz CT molecular complexity index is 1380. The summed E-state index contributed by atoms with van der Waals surface area (Å²) >= 11 is 0. The van der Waals surface area contributed by atoms with Gasteiger partial charge in [-0.15, -0.1) is 0 Å². The van der Waals surface area contributed by atoms with Crippen LogP contribution in [-0.4, -0.2) is 22.0 Å². The number of hydrogen-bond donors (Lipinski definition) is 1. The highest BCUT2D eigenvalue weighted by atomic mass is 19.4. The molecule has 1 aliphatic rings. The smallest absolute Gasteiger partial charge is 0.340 e. The Balaban J connectivity index is 1.41. The number of carbonyl (C=O) groups is 1. The zero-order valence-electron chi connectivity index (χ0n) is 18.1. The van der Waals surface area contributed by atoms with Crippen molar-refractivity contribution in [3.63, 3.8) is 0 Å². The van der Waals surface area contributed by atoms with Crippen molar-refractivity contribution in [2.24, 2.45) is 0 Å². The highest BCUT2D eigenvalue weighted by Crippen LogP contribution is 2.33. The highest BCUT2D eigenvalue weighted by molar-refractivity contribution is 5.91. The van der Waals surface area contributed by atoms with Crippen LogP contribution >= 0.6 is 0 Å². The second kappa shape index (κ2) is 8.52. The number of amides is 2. The molecule has 5 rings (SSSR count). The molecule has 3 aromatic carbocycles. The van der Waals surface area contributed by atoms with Gasteiger partial charge < -0.3 is 14.8 Å². The van der Waals surface area contributed by atoms with Gasteiger partial charge in [-0.3, -0.25) is 0 Å². The maximum atomic E-state index is 13.7. The monoisotopic (exact) mass is 467 g/mol. The Morgan fingerprint density at radius 1 is 0.971 bits per heavy atom. The Hall–Kier alpha value is -3.81. The molecule has 4 nitrogen and oxygen atoms in total. The number of rotatable bonds is 3. The summed E-state index contributed by atoms with van der Waals surface area (Å²) in [5.74, 6) is -0.291. The van der Waals surface area contributed by atoms with Crippen LogP contribution in [0.5, 0.6) is 0 Å². The molecule has 0 aliphatic carbocycles. The first kappa shape index (κ1) is 22.0. The Morgan fingerprint density at radius 2 is 1.76 bits per heavy atom. The summed E-state index contributed by atoms with van der Waals surface area (Å²) in [4.78, 5) is 14.5. The number of benzene rings is 3. The number of anilines is 1. The second-order valence-corrected chi connectivity index (χ2v) is 8.34. The van der Waals surface area contributed by atoms with Crippen LogP contribution in [0.1, 0.15) is 22.4 Å². The van der Waals surface area contributed by atoms with Crippen molar-refractivity contribution >= 4 is 22.6 Å². The van der Waals surface area contributed by atoms with Crippen LogP contribution in [0, 0.1) is 5.82 Å². The minimum Gasteiger partial charge on any atom is -0.340 e. The average molecular weight is 467 g/mol. The summed E-state index contributed by atoms with van der Waals surface area (Å²) in [6.45, 7) is 1.25. The van der Waals surface area contributed by atoms with Crippen LogP contribution < -0.4 is 5.32 Å². The van der Waals surface area contributed by atoms with Crippen LogP contribution in [-0.2, 0) is 25.7 Å². The molecule has 0 bridgehead atoms. The van der Waals surface area contributed by atoms with Crippen LogP contribution in [0.15, 0.2) is 72.8 Å². The molecule has 34 heavy (non-hydrogen) atoms. The molecule has 4 aromatic rings. The first-order valence-corrected chi connectivity index (χ1v) is 10.9. The van der Waals surface area contributed by atoms with Gasteiger partial charge in [-0.05, 0) is 42.0 Å². The third kappa shape index (κ3) is 4.23. The van der Waals surface area contributed by atoms with Crippen molar-refractivity contribution in [2.45, 2.75) is 25.7 Å². The summed E-state index contributed by atoms with van der Waals surface area (Å²) in [6, 6.07) is 18.5. The van der Waals surface area contributed by atoms with E-state index in [0.717, 1.165) is 39.9 Å². The van der Waals surface area contributed by atoms with Gasteiger partial charge in [-0.1, -0.05) is 36.4 Å². The minimum atomic E-state index is -4.48. The molecule has 0 spiro atoms. The number of fused-ring (bicyclic) bond motifs is 3. The molecule has 1 aliphatic heterocycles. The van der Waals surface area contributed by atoms with E-state index in [0.29, 0.717) is 26.1 Å². The molecule has 0 atom stereocenters. The van der Waals surface area contributed by atoms with E-state index in [2.05, 4.69) is 9.88 Å². The quantitative estimate of drug-likeness (QED) is 0.346. The molecule has 2 heterocycles. The third-order valence-corrected chi connectivity index (χ3v) is 6.12. The molecular weight excluding hydrogens is 446 g/mol. The molecule has 0 saturated heterocycles. The number of urea groups is 1. The number of carbonyl (C=O) groups excluding carboxylic acids is 1. The van der Waals surface area contributed by atoms with E-state index in [1.165, 1.54) is 24.3 Å². The van der Waals surface area contributed by atoms with Gasteiger partial charge in [0, 0.05) is 53.9 Å². The van der Waals surface area contributed by atoms with Gasteiger partial charge in [-0.2, -0.15) is 13.2 Å². The fourth-order valence-electron chi connectivity index (χ4n) is 4.55. The Morgan fingerprint density at radius 3 is 2.56 bits per heavy atom. The van der Waals surface area contributed by atoms with Crippen molar-refractivity contribution in [1.29, 1.82) is 0 Å². The molecule has 174 valence electrons. The summed E-state index contributed by atoms with van der Waals surface area (Å²) in [6.07, 6.45) is -3.90. The maximum absolute atomic E-state index is 13.7. The Kier molecular flexibility index (Phi) is 5.51. The van der Waals surface area contributed by atoms with Crippen molar-refractivity contribution in [3.05, 3.63) is 101 Å². The van der Waals surface area contributed by atoms with Gasteiger partial charge in [-0.25, -0.2) is 9.18 Å². The van der Waals surface area contributed by atoms with E-state index < -0.39 is 17.8 Å². The molecule has 2 amide bonds. The standard InChI is InChI=1S/C26H21F4N3O/c27-19-7-3-5-17(13-19)15-33-23-10-2-1-9-21(23)22-16-32(12-11-24(22)33)25(34)31-20-8-4-6-18(14-20)26(28,29)30/h1-10,13-14H,11-12,15-16H2,(H,31,34). The topological polar surface area (TPSA) is 37.3 Å². The normalized spacial score (nSPS) is 13.7. The van der Waals surface area contributed by atoms with Gasteiger partial charge in [0.1, 0.15) is 5.82 Å². The highest BCUT2D eigenvalue weighted by Gasteiger charge is 2.31. The molecule has 8 heteroatoms.